The number of rotatable bonds is 7. The Morgan fingerprint density at radius 3 is 2.93 bits per heavy atom. The van der Waals surface area contributed by atoms with Crippen molar-refractivity contribution in [1.82, 2.24) is 25.7 Å². The van der Waals surface area contributed by atoms with Gasteiger partial charge in [0.1, 0.15) is 12.4 Å². The van der Waals surface area contributed by atoms with Gasteiger partial charge in [0.05, 0.1) is 24.0 Å². The van der Waals surface area contributed by atoms with Crippen LogP contribution >= 0.6 is 0 Å². The molecule has 0 atom stereocenters. The smallest absolute Gasteiger partial charge is 0.273 e. The average molecular weight is 388 g/mol. The van der Waals surface area contributed by atoms with Gasteiger partial charge in [0.2, 0.25) is 5.82 Å². The molecule has 1 amide bonds. The van der Waals surface area contributed by atoms with Crippen LogP contribution in [0, 0.1) is 0 Å². The van der Waals surface area contributed by atoms with Gasteiger partial charge < -0.3 is 30.4 Å². The van der Waals surface area contributed by atoms with Gasteiger partial charge in [-0.15, -0.1) is 10.2 Å². The Labute approximate surface area is 164 Å². The highest BCUT2D eigenvalue weighted by molar-refractivity contribution is 5.98. The number of carbonyl (C=O) groups excluding carboxylic acids is 1. The van der Waals surface area contributed by atoms with Gasteiger partial charge in [-0.3, -0.25) is 4.79 Å². The van der Waals surface area contributed by atoms with Gasteiger partial charge in [-0.05, 0) is 12.1 Å². The van der Waals surface area contributed by atoms with Crippen molar-refractivity contribution in [3.63, 3.8) is 0 Å². The molecule has 3 aromatic rings. The second-order valence-corrected chi connectivity index (χ2v) is 5.44. The Balaban J connectivity index is 1.99. The number of para-hydroxylation sites is 1. The number of carbonyl (C=O) groups is 1. The van der Waals surface area contributed by atoms with E-state index < -0.39 is 12.9 Å². The molecule has 11 heteroatoms. The first-order chi connectivity index (χ1) is 14.7. The summed E-state index contributed by atoms with van der Waals surface area (Å²) in [6.45, 7) is -2.55. The monoisotopic (exact) mass is 388 g/mol. The second kappa shape index (κ2) is 8.31. The fraction of sp³-hybridized carbons (Fsp3) is 0.235. The zero-order chi connectivity index (χ0) is 22.6. The standard InChI is InChI=1S/C17H19N7O4/c1-19-17(25)14-11(7-12(18)22-23-14)20-10-6-4-5-9(15(10)27-3)16-21-13(8-26-2)28-24-16/h4-7H,8H2,1-3H3,(H,19,25)(H3,18,20,22)/i1D3. The summed E-state index contributed by atoms with van der Waals surface area (Å²) in [4.78, 5) is 16.6. The molecule has 0 saturated carbocycles. The molecule has 0 radical (unpaired) electrons. The third-order valence-corrected chi connectivity index (χ3v) is 3.61. The van der Waals surface area contributed by atoms with Crippen LogP contribution in [0.15, 0.2) is 28.8 Å². The number of aromatic nitrogens is 4. The van der Waals surface area contributed by atoms with Crippen molar-refractivity contribution in [1.29, 1.82) is 0 Å². The van der Waals surface area contributed by atoms with E-state index >= 15 is 0 Å². The number of hydrogen-bond acceptors (Lipinski definition) is 10. The Morgan fingerprint density at radius 2 is 2.18 bits per heavy atom. The van der Waals surface area contributed by atoms with Gasteiger partial charge in [0.15, 0.2) is 11.4 Å². The van der Waals surface area contributed by atoms with Crippen LogP contribution in [-0.2, 0) is 11.3 Å². The van der Waals surface area contributed by atoms with Crippen LogP contribution in [0.4, 0.5) is 17.2 Å². The summed E-state index contributed by atoms with van der Waals surface area (Å²) >= 11 is 0. The van der Waals surface area contributed by atoms with E-state index in [1.54, 1.807) is 18.2 Å². The highest BCUT2D eigenvalue weighted by atomic mass is 16.5. The lowest BCUT2D eigenvalue weighted by Crippen LogP contribution is -2.21. The van der Waals surface area contributed by atoms with E-state index in [1.807, 2.05) is 5.32 Å². The van der Waals surface area contributed by atoms with Gasteiger partial charge in [-0.1, -0.05) is 11.2 Å². The molecule has 146 valence electrons. The number of anilines is 3. The molecule has 2 aromatic heterocycles. The number of ether oxygens (including phenoxy) is 2. The minimum atomic E-state index is -2.70. The van der Waals surface area contributed by atoms with Crippen molar-refractivity contribution in [2.75, 3.05) is 32.2 Å². The zero-order valence-corrected chi connectivity index (χ0v) is 15.0. The van der Waals surface area contributed by atoms with E-state index in [1.165, 1.54) is 20.3 Å². The molecular weight excluding hydrogens is 366 g/mol. The van der Waals surface area contributed by atoms with Crippen LogP contribution in [-0.4, -0.2) is 47.4 Å². The third-order valence-electron chi connectivity index (χ3n) is 3.61. The number of nitrogens with two attached hydrogens (primary N) is 1. The maximum Gasteiger partial charge on any atom is 0.273 e. The first-order valence-corrected chi connectivity index (χ1v) is 7.93. The van der Waals surface area contributed by atoms with E-state index in [0.717, 1.165) is 0 Å². The highest BCUT2D eigenvalue weighted by Crippen LogP contribution is 2.37. The summed E-state index contributed by atoms with van der Waals surface area (Å²) in [6, 6.07) is 6.43. The largest absolute Gasteiger partial charge is 0.494 e. The van der Waals surface area contributed by atoms with Crippen molar-refractivity contribution in [2.45, 2.75) is 6.61 Å². The van der Waals surface area contributed by atoms with Crippen molar-refractivity contribution < 1.29 is 22.9 Å². The lowest BCUT2D eigenvalue weighted by molar-refractivity contribution is 0.0958. The van der Waals surface area contributed by atoms with Gasteiger partial charge in [-0.25, -0.2) is 0 Å². The van der Waals surface area contributed by atoms with E-state index in [9.17, 15) is 4.79 Å². The Bertz CT molecular complexity index is 1090. The third kappa shape index (κ3) is 3.83. The van der Waals surface area contributed by atoms with Crippen LogP contribution in [0.25, 0.3) is 11.4 Å². The highest BCUT2D eigenvalue weighted by Gasteiger charge is 2.19. The van der Waals surface area contributed by atoms with Crippen LogP contribution in [0.3, 0.4) is 0 Å². The van der Waals surface area contributed by atoms with E-state index in [-0.39, 0.29) is 35.5 Å². The lowest BCUT2D eigenvalue weighted by atomic mass is 10.1. The number of hydrogen-bond donors (Lipinski definition) is 3. The molecule has 0 aliphatic heterocycles. The maximum atomic E-state index is 12.4. The number of amides is 1. The first kappa shape index (κ1) is 15.3. The molecular formula is C17H19N7O4. The zero-order valence-electron chi connectivity index (χ0n) is 18.0. The Morgan fingerprint density at radius 1 is 1.32 bits per heavy atom. The van der Waals surface area contributed by atoms with E-state index in [2.05, 4.69) is 25.7 Å². The SMILES string of the molecule is [2H]C([2H])([2H])NC(=O)c1nnc(N)cc1Nc1cccc(-c2noc(COC)n2)c1OC. The van der Waals surface area contributed by atoms with Crippen molar-refractivity contribution in [3.8, 4) is 17.1 Å². The topological polar surface area (TPSA) is 150 Å². The molecule has 11 nitrogen and oxygen atoms in total. The molecule has 0 unspecified atom stereocenters. The number of nitrogens with zero attached hydrogens (tertiary/aromatic N) is 4. The molecule has 2 heterocycles. The number of nitrogens with one attached hydrogen (secondary N) is 2. The molecule has 0 fully saturated rings. The normalized spacial score (nSPS) is 12.6. The molecule has 0 saturated heterocycles. The maximum absolute atomic E-state index is 12.4. The van der Waals surface area contributed by atoms with Crippen molar-refractivity contribution in [2.24, 2.45) is 0 Å². The predicted molar refractivity (Wildman–Crippen MR) is 100 cm³/mol. The summed E-state index contributed by atoms with van der Waals surface area (Å²) in [5.41, 5.74) is 6.47. The number of methoxy groups -OCH3 is 2. The first-order valence-electron chi connectivity index (χ1n) is 9.43. The predicted octanol–water partition coefficient (Wildman–Crippen LogP) is 1.37. The molecule has 0 aliphatic rings. The minimum Gasteiger partial charge on any atom is -0.494 e. The van der Waals surface area contributed by atoms with Crippen LogP contribution in [0.1, 0.15) is 20.5 Å². The summed E-state index contributed by atoms with van der Waals surface area (Å²) < 4.78 is 37.3. The van der Waals surface area contributed by atoms with Crippen molar-refractivity contribution >= 4 is 23.1 Å². The lowest BCUT2D eigenvalue weighted by Gasteiger charge is -2.15. The molecule has 0 spiro atoms. The quantitative estimate of drug-likeness (QED) is 0.541. The summed E-state index contributed by atoms with van der Waals surface area (Å²) in [5.74, 6) is -0.0457. The molecule has 28 heavy (non-hydrogen) atoms. The van der Waals surface area contributed by atoms with Crippen LogP contribution in [0.5, 0.6) is 5.75 Å². The van der Waals surface area contributed by atoms with Crippen molar-refractivity contribution in [3.05, 3.63) is 35.9 Å². The number of nitrogen functional groups attached to an aromatic ring is 1. The molecule has 3 rings (SSSR count). The average Bonchev–Trinajstić information content (AvgIpc) is 3.15. The fourth-order valence-corrected chi connectivity index (χ4v) is 2.45. The minimum absolute atomic E-state index is 0.0189. The Kier molecular flexibility index (Phi) is 4.55. The van der Waals surface area contributed by atoms with Gasteiger partial charge in [0.25, 0.3) is 11.8 Å². The van der Waals surface area contributed by atoms with E-state index in [4.69, 9.17) is 23.8 Å². The van der Waals surface area contributed by atoms with E-state index in [0.29, 0.717) is 17.0 Å². The molecule has 1 aromatic carbocycles. The fourth-order valence-electron chi connectivity index (χ4n) is 2.45. The van der Waals surface area contributed by atoms with Crippen LogP contribution < -0.4 is 21.1 Å². The van der Waals surface area contributed by atoms with Gasteiger partial charge in [0, 0.05) is 24.3 Å². The second-order valence-electron chi connectivity index (χ2n) is 5.44. The number of benzene rings is 1. The van der Waals surface area contributed by atoms with Gasteiger partial charge in [-0.2, -0.15) is 4.98 Å². The molecule has 0 bridgehead atoms. The summed E-state index contributed by atoms with van der Waals surface area (Å²) in [7, 11) is 2.95. The molecule has 0 aliphatic carbocycles. The molecule has 4 N–H and O–H groups in total. The van der Waals surface area contributed by atoms with Crippen LogP contribution in [0.2, 0.25) is 0 Å². The van der Waals surface area contributed by atoms with Gasteiger partial charge >= 0.3 is 0 Å². The summed E-state index contributed by atoms with van der Waals surface area (Å²) in [6.07, 6.45) is 0. The Hall–Kier alpha value is -3.73. The summed E-state index contributed by atoms with van der Waals surface area (Å²) in [5, 5.41) is 16.1.